The molecule has 10 amide bonds. The number of likely N-dealkylation sites (N-methyl/N-ethyl adjacent to an activating group) is 2. The van der Waals surface area contributed by atoms with Crippen molar-refractivity contribution in [2.24, 2.45) is 11.7 Å². The van der Waals surface area contributed by atoms with Gasteiger partial charge in [0.25, 0.3) is 17.7 Å². The van der Waals surface area contributed by atoms with Gasteiger partial charge in [0.1, 0.15) is 42.5 Å². The fourth-order valence-corrected chi connectivity index (χ4v) is 11.9. The topological polar surface area (TPSA) is 287 Å². The Balaban J connectivity index is 0.811. The summed E-state index contributed by atoms with van der Waals surface area (Å²) in [5.41, 5.74) is 8.94. The molecule has 2 aromatic heterocycles. The number of nitrogens with zero attached hydrogens (tertiary/aromatic N) is 5. The number of urea groups is 1. The summed E-state index contributed by atoms with van der Waals surface area (Å²) in [5.74, 6) is -1.71. The molecule has 0 radical (unpaired) electrons. The molecular formula is C61H76ClN11O12S. The van der Waals surface area contributed by atoms with Gasteiger partial charge < -0.3 is 60.9 Å². The van der Waals surface area contributed by atoms with E-state index in [0.29, 0.717) is 55.0 Å². The van der Waals surface area contributed by atoms with E-state index in [1.54, 1.807) is 67.5 Å². The van der Waals surface area contributed by atoms with Gasteiger partial charge in [0.2, 0.25) is 17.7 Å². The van der Waals surface area contributed by atoms with E-state index in [2.05, 4.69) is 31.2 Å². The van der Waals surface area contributed by atoms with Crippen molar-refractivity contribution in [2.75, 3.05) is 89.2 Å². The highest BCUT2D eigenvalue weighted by Gasteiger charge is 2.37. The Morgan fingerprint density at radius 1 is 0.849 bits per heavy atom. The minimum absolute atomic E-state index is 0.0879. The van der Waals surface area contributed by atoms with Crippen LogP contribution in [0.15, 0.2) is 72.8 Å². The molecule has 0 spiro atoms. The molecule has 5 heterocycles. The molecular weight excluding hydrogens is 1150 g/mol. The zero-order valence-electron chi connectivity index (χ0n) is 49.2. The summed E-state index contributed by atoms with van der Waals surface area (Å²) in [5, 5.41) is 12.4. The summed E-state index contributed by atoms with van der Waals surface area (Å²) in [6, 6.07) is 15.0. The number of aryl methyl sites for hydroxylation is 1. The number of alkyl halides is 1. The van der Waals surface area contributed by atoms with Crippen molar-refractivity contribution in [3.63, 3.8) is 0 Å². The predicted molar refractivity (Wildman–Crippen MR) is 328 cm³/mol. The number of nitrogens with two attached hydrogens (primary N) is 1. The monoisotopic (exact) mass is 1220 g/mol. The number of likely N-dealkylation sites (tertiary alicyclic amines) is 1. The third kappa shape index (κ3) is 16.6. The van der Waals surface area contributed by atoms with Crippen LogP contribution >= 0.6 is 22.9 Å². The molecule has 8 rings (SSSR count). The molecule has 1 saturated heterocycles. The average molecular weight is 1220 g/mol. The fraction of sp³-hybridized carbons (Fsp3) is 0.459. The van der Waals surface area contributed by atoms with Gasteiger partial charge in [-0.05, 0) is 112 Å². The van der Waals surface area contributed by atoms with Crippen LogP contribution in [0.3, 0.4) is 0 Å². The number of aromatic nitrogens is 1. The SMILES string of the molecule is Cc1cc2c(OC(=O)N(C)CCN(C)C(=O)OCc3ccc(NC(=O)[C@H](CCCNC(N)=O)NC(=O)[C@@H](NC(=O)CCCCCN4C(=O)C=CC4=O)C(C)C)cc3)cc3c(c2s1)[C@H](CCl)CN3C(=O)c1cc2cc(OCCN3CCCC3)ccc2[nH]1. The van der Waals surface area contributed by atoms with Crippen LogP contribution in [-0.4, -0.2) is 169 Å². The molecule has 460 valence electrons. The first-order chi connectivity index (χ1) is 41.3. The lowest BCUT2D eigenvalue weighted by Crippen LogP contribution is -2.54. The Bertz CT molecular complexity index is 3320. The highest BCUT2D eigenvalue weighted by Crippen LogP contribution is 2.49. The van der Waals surface area contributed by atoms with Crippen molar-refractivity contribution in [1.29, 1.82) is 0 Å². The highest BCUT2D eigenvalue weighted by atomic mass is 35.5. The molecule has 3 aliphatic heterocycles. The largest absolute Gasteiger partial charge is 0.492 e. The molecule has 7 N–H and O–H groups in total. The Morgan fingerprint density at radius 3 is 2.27 bits per heavy atom. The minimum Gasteiger partial charge on any atom is -0.492 e. The second kappa shape index (κ2) is 29.7. The van der Waals surface area contributed by atoms with E-state index in [1.807, 2.05) is 37.3 Å². The number of unbranched alkanes of at least 4 members (excludes halogenated alkanes) is 2. The summed E-state index contributed by atoms with van der Waals surface area (Å²) >= 11 is 8.14. The van der Waals surface area contributed by atoms with E-state index in [9.17, 15) is 43.2 Å². The summed E-state index contributed by atoms with van der Waals surface area (Å²) < 4.78 is 18.6. The molecule has 86 heavy (non-hydrogen) atoms. The normalized spacial score (nSPS) is 15.5. The van der Waals surface area contributed by atoms with Gasteiger partial charge in [0, 0.05) is 127 Å². The molecule has 5 aromatic rings. The van der Waals surface area contributed by atoms with Crippen LogP contribution in [0.4, 0.5) is 25.8 Å². The van der Waals surface area contributed by atoms with Gasteiger partial charge in [-0.3, -0.25) is 38.6 Å². The van der Waals surface area contributed by atoms with Gasteiger partial charge in [-0.1, -0.05) is 32.4 Å². The van der Waals surface area contributed by atoms with Crippen molar-refractivity contribution in [3.05, 3.63) is 94.5 Å². The molecule has 3 aliphatic rings. The lowest BCUT2D eigenvalue weighted by atomic mass is 10.0. The van der Waals surface area contributed by atoms with E-state index in [1.165, 1.54) is 41.8 Å². The summed E-state index contributed by atoms with van der Waals surface area (Å²) in [6.07, 6.45) is 5.60. The van der Waals surface area contributed by atoms with E-state index >= 15 is 0 Å². The number of primary amides is 1. The molecule has 0 bridgehead atoms. The van der Waals surface area contributed by atoms with E-state index in [0.717, 1.165) is 61.7 Å². The summed E-state index contributed by atoms with van der Waals surface area (Å²) in [4.78, 5) is 129. The number of rotatable bonds is 28. The molecule has 3 aromatic carbocycles. The third-order valence-electron chi connectivity index (χ3n) is 15.4. The number of carbonyl (C=O) groups is 9. The lowest BCUT2D eigenvalue weighted by Gasteiger charge is -2.25. The second-order valence-electron chi connectivity index (χ2n) is 22.2. The van der Waals surface area contributed by atoms with Gasteiger partial charge in [-0.2, -0.15) is 0 Å². The Hall–Kier alpha value is -8.22. The number of benzene rings is 3. The molecule has 25 heteroatoms. The van der Waals surface area contributed by atoms with Crippen molar-refractivity contribution >= 4 is 109 Å². The molecule has 0 unspecified atom stereocenters. The first kappa shape index (κ1) is 63.8. The van der Waals surface area contributed by atoms with Crippen molar-refractivity contribution in [2.45, 2.75) is 96.7 Å². The Kier molecular flexibility index (Phi) is 22.1. The van der Waals surface area contributed by atoms with E-state index in [4.69, 9.17) is 31.5 Å². The number of H-pyrrole nitrogens is 1. The predicted octanol–water partition coefficient (Wildman–Crippen LogP) is 7.35. The number of aromatic amines is 1. The molecule has 23 nitrogen and oxygen atoms in total. The maximum absolute atomic E-state index is 14.4. The van der Waals surface area contributed by atoms with Crippen LogP contribution in [-0.2, 0) is 35.3 Å². The first-order valence-corrected chi connectivity index (χ1v) is 30.4. The average Bonchev–Trinajstić information content (AvgIpc) is 1.69. The molecule has 0 saturated carbocycles. The maximum atomic E-state index is 14.4. The Morgan fingerprint density at radius 2 is 1.57 bits per heavy atom. The van der Waals surface area contributed by atoms with Crippen LogP contribution in [0.1, 0.15) is 97.6 Å². The quantitative estimate of drug-likeness (QED) is 0.0163. The van der Waals surface area contributed by atoms with Gasteiger partial charge in [0.05, 0.1) is 5.69 Å². The standard InChI is InChI=1S/C61H76ClN11O12S/c1-37(2)54(68-50(74)13-7-6-8-25-72-51(75)20-21-52(72)76)57(78)67-46(12-11-22-64-59(63)80)56(77)65-42-16-14-39(15-17-42)36-84-60(81)69(4)26-27-70(5)61(82)85-49-33-48-53(55-44(49)30-38(3)86-55)41(34-62)35-73(48)58(79)47-32-40-31-43(18-19-45(40)66-47)83-29-28-71-23-9-10-24-71/h14-21,30-33,37,41,46,54,66H,6-13,22-29,34-36H2,1-5H3,(H,65,77)(H,67,78)(H,68,74)(H3,63,64,80)/t41-,46+,54+/m1/s1. The van der Waals surface area contributed by atoms with E-state index < -0.39 is 42.1 Å². The molecule has 3 atom stereocenters. The van der Waals surface area contributed by atoms with Crippen molar-refractivity contribution in [3.8, 4) is 11.5 Å². The van der Waals surface area contributed by atoms with Gasteiger partial charge in [-0.15, -0.1) is 22.9 Å². The van der Waals surface area contributed by atoms with Crippen LogP contribution in [0.5, 0.6) is 11.5 Å². The zero-order chi connectivity index (χ0) is 61.6. The lowest BCUT2D eigenvalue weighted by molar-refractivity contribution is -0.137. The highest BCUT2D eigenvalue weighted by molar-refractivity contribution is 7.19. The number of hydrogen-bond donors (Lipinski definition) is 6. The van der Waals surface area contributed by atoms with Gasteiger partial charge in [0.15, 0.2) is 0 Å². The van der Waals surface area contributed by atoms with Crippen molar-refractivity contribution < 1.29 is 57.4 Å². The number of hydrogen-bond acceptors (Lipinski definition) is 14. The third-order valence-corrected chi connectivity index (χ3v) is 16.8. The fourth-order valence-electron chi connectivity index (χ4n) is 10.5. The summed E-state index contributed by atoms with van der Waals surface area (Å²) in [6.45, 7) is 9.91. The van der Waals surface area contributed by atoms with E-state index in [-0.39, 0.29) is 99.1 Å². The maximum Gasteiger partial charge on any atom is 0.415 e. The zero-order valence-corrected chi connectivity index (χ0v) is 50.7. The number of thiophene rings is 1. The number of amides is 10. The number of ether oxygens (including phenoxy) is 3. The van der Waals surface area contributed by atoms with Gasteiger partial charge in [-0.25, -0.2) is 14.4 Å². The summed E-state index contributed by atoms with van der Waals surface area (Å²) in [7, 11) is 3.10. The molecule has 0 aliphatic carbocycles. The first-order valence-electron chi connectivity index (χ1n) is 29.1. The van der Waals surface area contributed by atoms with Gasteiger partial charge >= 0.3 is 18.2 Å². The van der Waals surface area contributed by atoms with Crippen molar-refractivity contribution in [1.82, 2.24) is 40.5 Å². The van der Waals surface area contributed by atoms with Crippen LogP contribution in [0, 0.1) is 12.8 Å². The van der Waals surface area contributed by atoms with Crippen LogP contribution in [0.2, 0.25) is 0 Å². The number of nitrogens with one attached hydrogen (secondary N) is 5. The molecule has 1 fully saturated rings. The number of imide groups is 1. The second-order valence-corrected chi connectivity index (χ2v) is 23.8. The number of halogens is 1. The smallest absolute Gasteiger partial charge is 0.415 e. The minimum atomic E-state index is -1.08. The Labute approximate surface area is 508 Å². The number of carbonyl (C=O) groups excluding carboxylic acids is 9. The number of fused-ring (bicyclic) bond motifs is 4. The van der Waals surface area contributed by atoms with Crippen LogP contribution < -0.4 is 41.4 Å². The number of anilines is 2. The van der Waals surface area contributed by atoms with Crippen LogP contribution in [0.25, 0.3) is 21.0 Å².